The van der Waals surface area contributed by atoms with Crippen molar-refractivity contribution >= 4 is 12.3 Å². The summed E-state index contributed by atoms with van der Waals surface area (Å²) in [6, 6.07) is 9.45. The number of ether oxygens (including phenoxy) is 3. The summed E-state index contributed by atoms with van der Waals surface area (Å²) in [5, 5.41) is 9.45. The molecule has 0 saturated carbocycles. The van der Waals surface area contributed by atoms with Crippen LogP contribution in [-0.4, -0.2) is 31.6 Å². The fourth-order valence-electron chi connectivity index (χ4n) is 2.05. The van der Waals surface area contributed by atoms with Crippen LogP contribution in [0.1, 0.15) is 26.3 Å². The van der Waals surface area contributed by atoms with Crippen molar-refractivity contribution in [1.82, 2.24) is 0 Å². The van der Waals surface area contributed by atoms with Crippen LogP contribution >= 0.6 is 0 Å². The van der Waals surface area contributed by atoms with Crippen molar-refractivity contribution in [2.75, 3.05) is 14.2 Å². The first-order valence-corrected chi connectivity index (χ1v) is 6.76. The van der Waals surface area contributed by atoms with Gasteiger partial charge in [0.1, 0.15) is 17.6 Å². The number of hydrogen-bond acceptors (Lipinski definition) is 6. The molecule has 0 aliphatic carbocycles. The van der Waals surface area contributed by atoms with E-state index >= 15 is 0 Å². The van der Waals surface area contributed by atoms with Gasteiger partial charge in [-0.2, -0.15) is 0 Å². The molecule has 0 radical (unpaired) electrons. The molecule has 0 aliphatic rings. The van der Waals surface area contributed by atoms with Gasteiger partial charge in [-0.1, -0.05) is 12.1 Å². The van der Waals surface area contributed by atoms with Crippen molar-refractivity contribution in [3.8, 4) is 17.2 Å². The van der Waals surface area contributed by atoms with Gasteiger partial charge in [0.2, 0.25) is 0 Å². The molecule has 6 nitrogen and oxygen atoms in total. The third-order valence-electron chi connectivity index (χ3n) is 3.21. The van der Waals surface area contributed by atoms with Crippen molar-refractivity contribution < 1.29 is 28.9 Å². The Morgan fingerprint density at radius 3 is 2.57 bits per heavy atom. The number of aliphatic hydroxyl groups is 1. The number of aldehydes is 1. The van der Waals surface area contributed by atoms with Crippen LogP contribution in [0.2, 0.25) is 0 Å². The highest BCUT2D eigenvalue weighted by Gasteiger charge is 2.18. The Hall–Kier alpha value is -2.86. The molecule has 0 saturated heterocycles. The van der Waals surface area contributed by atoms with Crippen LogP contribution in [0, 0.1) is 0 Å². The summed E-state index contributed by atoms with van der Waals surface area (Å²) >= 11 is 0. The van der Waals surface area contributed by atoms with Crippen LogP contribution in [-0.2, 0) is 11.3 Å². The smallest absolute Gasteiger partial charge is 0.341 e. The fraction of sp³-hybridized carbons (Fsp3) is 0.176. The van der Waals surface area contributed by atoms with E-state index in [1.165, 1.54) is 32.4 Å². The standard InChI is InChI=1S/C17H16O6/c1-21-15-5-3-4-12(10-19)16(15)23-14-7-6-11(9-18)8-13(14)17(20)22-2/h3-9,19H,10H2,1-2H3. The third-order valence-corrected chi connectivity index (χ3v) is 3.21. The highest BCUT2D eigenvalue weighted by Crippen LogP contribution is 2.36. The number of aliphatic hydroxyl groups excluding tert-OH is 1. The highest BCUT2D eigenvalue weighted by atomic mass is 16.5. The van der Waals surface area contributed by atoms with Crippen molar-refractivity contribution in [3.05, 3.63) is 53.1 Å². The second-order valence-electron chi connectivity index (χ2n) is 4.57. The van der Waals surface area contributed by atoms with E-state index in [9.17, 15) is 14.7 Å². The number of rotatable bonds is 6. The van der Waals surface area contributed by atoms with Crippen LogP contribution in [0.25, 0.3) is 0 Å². The zero-order valence-electron chi connectivity index (χ0n) is 12.7. The lowest BCUT2D eigenvalue weighted by molar-refractivity contribution is 0.0597. The van der Waals surface area contributed by atoms with E-state index in [4.69, 9.17) is 14.2 Å². The molecule has 2 aromatic rings. The van der Waals surface area contributed by atoms with Gasteiger partial charge in [0, 0.05) is 11.1 Å². The van der Waals surface area contributed by atoms with E-state index in [0.29, 0.717) is 28.9 Å². The van der Waals surface area contributed by atoms with Crippen molar-refractivity contribution in [2.24, 2.45) is 0 Å². The zero-order chi connectivity index (χ0) is 16.8. The molecular weight excluding hydrogens is 300 g/mol. The molecule has 2 rings (SSSR count). The predicted octanol–water partition coefficient (Wildman–Crippen LogP) is 2.58. The van der Waals surface area contributed by atoms with E-state index in [1.807, 2.05) is 0 Å². The molecule has 6 heteroatoms. The Labute approximate surface area is 133 Å². The lowest BCUT2D eigenvalue weighted by Crippen LogP contribution is -2.06. The molecular formula is C17H16O6. The van der Waals surface area contributed by atoms with Gasteiger partial charge in [-0.05, 0) is 24.3 Å². The molecule has 0 heterocycles. The fourth-order valence-corrected chi connectivity index (χ4v) is 2.05. The maximum absolute atomic E-state index is 11.9. The number of para-hydroxylation sites is 1. The van der Waals surface area contributed by atoms with Gasteiger partial charge in [-0.3, -0.25) is 4.79 Å². The normalized spacial score (nSPS) is 10.0. The number of benzene rings is 2. The van der Waals surface area contributed by atoms with E-state index in [0.717, 1.165) is 0 Å². The average molecular weight is 316 g/mol. The summed E-state index contributed by atoms with van der Waals surface area (Å²) in [7, 11) is 2.71. The molecule has 0 atom stereocenters. The Balaban J connectivity index is 2.52. The third kappa shape index (κ3) is 3.49. The monoisotopic (exact) mass is 316 g/mol. The summed E-state index contributed by atoms with van der Waals surface area (Å²) < 4.78 is 15.7. The largest absolute Gasteiger partial charge is 0.493 e. The summed E-state index contributed by atoms with van der Waals surface area (Å²) in [4.78, 5) is 22.8. The Kier molecular flexibility index (Phi) is 5.32. The highest BCUT2D eigenvalue weighted by molar-refractivity contribution is 5.94. The van der Waals surface area contributed by atoms with Gasteiger partial charge in [0.25, 0.3) is 0 Å². The van der Waals surface area contributed by atoms with Crippen molar-refractivity contribution in [2.45, 2.75) is 6.61 Å². The lowest BCUT2D eigenvalue weighted by atomic mass is 10.1. The molecule has 0 amide bonds. The lowest BCUT2D eigenvalue weighted by Gasteiger charge is -2.15. The van der Waals surface area contributed by atoms with Crippen molar-refractivity contribution in [1.29, 1.82) is 0 Å². The van der Waals surface area contributed by atoms with Crippen LogP contribution in [0.15, 0.2) is 36.4 Å². The number of carbonyl (C=O) groups excluding carboxylic acids is 2. The second-order valence-corrected chi connectivity index (χ2v) is 4.57. The Morgan fingerprint density at radius 1 is 1.17 bits per heavy atom. The minimum atomic E-state index is -0.635. The first kappa shape index (κ1) is 16.5. The minimum absolute atomic E-state index is 0.104. The minimum Gasteiger partial charge on any atom is -0.493 e. The number of esters is 1. The Morgan fingerprint density at radius 2 is 1.96 bits per heavy atom. The molecule has 0 aromatic heterocycles. The van der Waals surface area contributed by atoms with E-state index in [-0.39, 0.29) is 17.9 Å². The molecule has 120 valence electrons. The van der Waals surface area contributed by atoms with Crippen LogP contribution in [0.5, 0.6) is 17.2 Å². The first-order valence-electron chi connectivity index (χ1n) is 6.76. The number of methoxy groups -OCH3 is 2. The molecule has 23 heavy (non-hydrogen) atoms. The van der Waals surface area contributed by atoms with Gasteiger partial charge in [0.15, 0.2) is 11.5 Å². The van der Waals surface area contributed by atoms with Gasteiger partial charge in [0.05, 0.1) is 20.8 Å². The molecule has 0 bridgehead atoms. The maximum Gasteiger partial charge on any atom is 0.341 e. The van der Waals surface area contributed by atoms with Crippen LogP contribution < -0.4 is 9.47 Å². The number of carbonyl (C=O) groups is 2. The SMILES string of the molecule is COC(=O)c1cc(C=O)ccc1Oc1c(CO)cccc1OC. The summed E-state index contributed by atoms with van der Waals surface area (Å²) in [5.74, 6) is 0.263. The quantitative estimate of drug-likeness (QED) is 0.651. The molecule has 0 fully saturated rings. The molecule has 0 aliphatic heterocycles. The molecule has 0 spiro atoms. The summed E-state index contributed by atoms with van der Waals surface area (Å²) in [5.41, 5.74) is 0.923. The second kappa shape index (κ2) is 7.42. The Bertz CT molecular complexity index is 701. The summed E-state index contributed by atoms with van der Waals surface area (Å²) in [6.07, 6.45) is 0.623. The van der Waals surface area contributed by atoms with E-state index in [1.54, 1.807) is 18.2 Å². The molecule has 2 aromatic carbocycles. The van der Waals surface area contributed by atoms with Gasteiger partial charge in [-0.25, -0.2) is 4.79 Å². The zero-order valence-corrected chi connectivity index (χ0v) is 12.7. The summed E-state index contributed by atoms with van der Waals surface area (Å²) in [6.45, 7) is -0.257. The van der Waals surface area contributed by atoms with Crippen LogP contribution in [0.4, 0.5) is 0 Å². The molecule has 1 N–H and O–H groups in total. The van der Waals surface area contributed by atoms with Crippen molar-refractivity contribution in [3.63, 3.8) is 0 Å². The van der Waals surface area contributed by atoms with Gasteiger partial charge >= 0.3 is 5.97 Å². The van der Waals surface area contributed by atoms with Gasteiger partial charge < -0.3 is 19.3 Å². The predicted molar refractivity (Wildman–Crippen MR) is 82.2 cm³/mol. The van der Waals surface area contributed by atoms with Gasteiger partial charge in [-0.15, -0.1) is 0 Å². The first-order chi connectivity index (χ1) is 11.1. The van der Waals surface area contributed by atoms with E-state index < -0.39 is 5.97 Å². The van der Waals surface area contributed by atoms with Crippen LogP contribution in [0.3, 0.4) is 0 Å². The van der Waals surface area contributed by atoms with E-state index in [2.05, 4.69) is 0 Å². The molecule has 0 unspecified atom stereocenters. The number of hydrogen-bond donors (Lipinski definition) is 1. The average Bonchev–Trinajstić information content (AvgIpc) is 2.61. The maximum atomic E-state index is 11.9. The topological polar surface area (TPSA) is 82.1 Å².